The Hall–Kier alpha value is -4.56. The topological polar surface area (TPSA) is 169 Å². The van der Waals surface area contributed by atoms with Gasteiger partial charge in [0.15, 0.2) is 0 Å². The molecule has 0 aliphatic rings. The number of alkyl halides is 3. The van der Waals surface area contributed by atoms with E-state index in [9.17, 15) is 22.8 Å². The van der Waals surface area contributed by atoms with Gasteiger partial charge in [-0.25, -0.2) is 9.59 Å². The van der Waals surface area contributed by atoms with E-state index in [1.54, 1.807) is 34.8 Å². The number of carboxylic acid groups (broad SMARTS) is 1. The summed E-state index contributed by atoms with van der Waals surface area (Å²) in [6, 6.07) is 7.41. The quantitative estimate of drug-likeness (QED) is 0.265. The fourth-order valence-electron chi connectivity index (χ4n) is 3.41. The summed E-state index contributed by atoms with van der Waals surface area (Å²) in [5, 5.41) is 20.9. The van der Waals surface area contributed by atoms with Crippen LogP contribution in [0.1, 0.15) is 71.6 Å². The molecule has 0 bridgehead atoms. The summed E-state index contributed by atoms with van der Waals surface area (Å²) in [6.45, 7) is 9.31. The van der Waals surface area contributed by atoms with E-state index >= 15 is 0 Å². The van der Waals surface area contributed by atoms with Crippen LogP contribution in [0.4, 0.5) is 18.9 Å². The maximum Gasteiger partial charge on any atom is 0.490 e. The second-order valence-electron chi connectivity index (χ2n) is 9.47. The number of aryl methyl sites for hydroxylation is 1. The molecule has 0 saturated heterocycles. The van der Waals surface area contributed by atoms with Gasteiger partial charge in [0.05, 0.1) is 25.8 Å². The van der Waals surface area contributed by atoms with Crippen molar-refractivity contribution in [3.8, 4) is 5.75 Å². The molecule has 0 fully saturated rings. The number of carbonyl (C=O) groups excluding carboxylic acids is 2. The van der Waals surface area contributed by atoms with Crippen LogP contribution in [0.3, 0.4) is 0 Å². The number of H-pyrrole nitrogens is 1. The Balaban J connectivity index is 0.000000745. The number of amides is 1. The molecule has 4 N–H and O–H groups in total. The number of nitrogens with one attached hydrogen (secondary N) is 3. The molecule has 1 amide bonds. The van der Waals surface area contributed by atoms with Crippen LogP contribution < -0.4 is 15.4 Å². The molecule has 2 heterocycles. The minimum atomic E-state index is -5.08. The maximum atomic E-state index is 13.2. The van der Waals surface area contributed by atoms with Crippen LogP contribution in [-0.2, 0) is 29.0 Å². The molecular formula is C26H32F3N5O7. The number of methoxy groups -OCH3 is 1. The monoisotopic (exact) mass is 583 g/mol. The number of carbonyl (C=O) groups is 3. The molecule has 0 radical (unpaired) electrons. The average molecular weight is 584 g/mol. The number of ether oxygens (including phenoxy) is 2. The van der Waals surface area contributed by atoms with E-state index in [-0.39, 0.29) is 24.7 Å². The lowest BCUT2D eigenvalue weighted by atomic mass is 10.0. The molecule has 224 valence electrons. The molecule has 41 heavy (non-hydrogen) atoms. The summed E-state index contributed by atoms with van der Waals surface area (Å²) in [5.41, 5.74) is 1.96. The Morgan fingerprint density at radius 1 is 1.07 bits per heavy atom. The fourth-order valence-corrected chi connectivity index (χ4v) is 3.41. The summed E-state index contributed by atoms with van der Waals surface area (Å²) in [4.78, 5) is 38.1. The molecule has 12 nitrogen and oxygen atoms in total. The number of esters is 1. The van der Waals surface area contributed by atoms with Gasteiger partial charge in [0.25, 0.3) is 5.91 Å². The first kappa shape index (κ1) is 32.7. The highest BCUT2D eigenvalue weighted by Crippen LogP contribution is 2.25. The molecule has 2 aromatic heterocycles. The number of halogens is 3. The molecule has 0 spiro atoms. The van der Waals surface area contributed by atoms with Crippen LogP contribution in [0.2, 0.25) is 0 Å². The van der Waals surface area contributed by atoms with Gasteiger partial charge < -0.3 is 34.6 Å². The van der Waals surface area contributed by atoms with Crippen LogP contribution in [0.25, 0.3) is 0 Å². The number of aliphatic carboxylic acids is 1. The second-order valence-corrected chi connectivity index (χ2v) is 9.47. The predicted molar refractivity (Wildman–Crippen MR) is 140 cm³/mol. The van der Waals surface area contributed by atoms with E-state index in [0.717, 1.165) is 11.4 Å². The average Bonchev–Trinajstić information content (AvgIpc) is 3.48. The number of aromatic amines is 1. The van der Waals surface area contributed by atoms with Crippen molar-refractivity contribution < 1.29 is 46.6 Å². The van der Waals surface area contributed by atoms with Crippen molar-refractivity contribution in [1.29, 1.82) is 0 Å². The Morgan fingerprint density at radius 2 is 1.68 bits per heavy atom. The van der Waals surface area contributed by atoms with Gasteiger partial charge in [-0.2, -0.15) is 13.2 Å². The number of aromatic nitrogens is 3. The molecule has 1 aromatic carbocycles. The van der Waals surface area contributed by atoms with E-state index < -0.39 is 23.7 Å². The van der Waals surface area contributed by atoms with Gasteiger partial charge in [-0.15, -0.1) is 10.2 Å². The van der Waals surface area contributed by atoms with Crippen LogP contribution in [0.15, 0.2) is 28.7 Å². The molecule has 0 aliphatic carbocycles. The Bertz CT molecular complexity index is 1340. The standard InChI is InChI=1S/C24H31N5O5.C2HF3O2/c1-7-17-20(22(30)26-13-19-29-28-14(2)33-19)18(27-21(17)23(31)34-24(3,4)5)12-25-15-8-10-16(32-6)11-9-15;3-2(4,5)1(6)7/h8-11,25,27H,7,12-13H2,1-6H3,(H,26,30);(H,6,7). The normalized spacial score (nSPS) is 11.2. The highest BCUT2D eigenvalue weighted by Gasteiger charge is 2.38. The van der Waals surface area contributed by atoms with Gasteiger partial charge >= 0.3 is 18.1 Å². The van der Waals surface area contributed by atoms with E-state index in [0.29, 0.717) is 35.0 Å². The zero-order chi connectivity index (χ0) is 31.0. The number of rotatable bonds is 9. The summed E-state index contributed by atoms with van der Waals surface area (Å²) >= 11 is 0. The number of nitrogens with zero attached hydrogens (tertiary/aromatic N) is 2. The zero-order valence-corrected chi connectivity index (χ0v) is 23.4. The summed E-state index contributed by atoms with van der Waals surface area (Å²) < 4.78 is 47.8. The van der Waals surface area contributed by atoms with Crippen LogP contribution in [0, 0.1) is 6.92 Å². The Kier molecular flexibility index (Phi) is 10.9. The fraction of sp³-hybridized carbons (Fsp3) is 0.423. The third-order valence-corrected chi connectivity index (χ3v) is 5.13. The molecule has 0 saturated carbocycles. The SMILES string of the molecule is CCc1c(C(=O)OC(C)(C)C)[nH]c(CNc2ccc(OC)cc2)c1C(=O)NCc1nnc(C)o1.O=C(O)C(F)(F)F. The maximum absolute atomic E-state index is 13.2. The van der Waals surface area contributed by atoms with Crippen LogP contribution >= 0.6 is 0 Å². The van der Waals surface area contributed by atoms with E-state index in [2.05, 4.69) is 25.8 Å². The van der Waals surface area contributed by atoms with Crippen molar-refractivity contribution >= 4 is 23.5 Å². The lowest BCUT2D eigenvalue weighted by Gasteiger charge is -2.19. The van der Waals surface area contributed by atoms with Crippen molar-refractivity contribution in [1.82, 2.24) is 20.5 Å². The van der Waals surface area contributed by atoms with Crippen molar-refractivity contribution in [2.75, 3.05) is 12.4 Å². The van der Waals surface area contributed by atoms with Crippen molar-refractivity contribution in [3.05, 3.63) is 58.6 Å². The Labute approximate surface area is 233 Å². The largest absolute Gasteiger partial charge is 0.497 e. The van der Waals surface area contributed by atoms with Crippen molar-refractivity contribution in [2.45, 2.75) is 65.9 Å². The lowest BCUT2D eigenvalue weighted by molar-refractivity contribution is -0.192. The number of anilines is 1. The van der Waals surface area contributed by atoms with Gasteiger partial charge in [0.1, 0.15) is 17.0 Å². The minimum absolute atomic E-state index is 0.0706. The number of carboxylic acids is 1. The molecular weight excluding hydrogens is 551 g/mol. The smallest absolute Gasteiger partial charge is 0.490 e. The molecule has 3 rings (SSSR count). The number of benzene rings is 1. The van der Waals surface area contributed by atoms with Gasteiger partial charge in [0, 0.05) is 18.3 Å². The van der Waals surface area contributed by atoms with Gasteiger partial charge in [-0.05, 0) is 57.0 Å². The highest BCUT2D eigenvalue weighted by atomic mass is 19.4. The Morgan fingerprint density at radius 3 is 2.15 bits per heavy atom. The molecule has 0 atom stereocenters. The molecule has 15 heteroatoms. The van der Waals surface area contributed by atoms with Gasteiger partial charge in [0.2, 0.25) is 11.8 Å². The third kappa shape index (κ3) is 9.85. The highest BCUT2D eigenvalue weighted by molar-refractivity contribution is 6.01. The van der Waals surface area contributed by atoms with Gasteiger partial charge in [-0.1, -0.05) is 6.92 Å². The number of hydrogen-bond acceptors (Lipinski definition) is 9. The molecule has 0 aliphatic heterocycles. The summed E-state index contributed by atoms with van der Waals surface area (Å²) in [7, 11) is 1.60. The van der Waals surface area contributed by atoms with Crippen molar-refractivity contribution in [3.63, 3.8) is 0 Å². The minimum Gasteiger partial charge on any atom is -0.497 e. The van der Waals surface area contributed by atoms with E-state index in [1.165, 1.54) is 0 Å². The first-order chi connectivity index (χ1) is 19.1. The lowest BCUT2D eigenvalue weighted by Crippen LogP contribution is -2.26. The zero-order valence-electron chi connectivity index (χ0n) is 23.4. The van der Waals surface area contributed by atoms with Gasteiger partial charge in [-0.3, -0.25) is 4.79 Å². The third-order valence-electron chi connectivity index (χ3n) is 5.13. The molecule has 3 aromatic rings. The number of hydrogen-bond donors (Lipinski definition) is 4. The first-order valence-electron chi connectivity index (χ1n) is 12.3. The summed E-state index contributed by atoms with van der Waals surface area (Å²) in [6.07, 6.45) is -4.63. The molecule has 0 unspecified atom stereocenters. The van der Waals surface area contributed by atoms with Crippen LogP contribution in [-0.4, -0.2) is 57.0 Å². The van der Waals surface area contributed by atoms with Crippen LogP contribution in [0.5, 0.6) is 5.75 Å². The summed E-state index contributed by atoms with van der Waals surface area (Å²) in [5.74, 6) is -2.18. The van der Waals surface area contributed by atoms with Crippen molar-refractivity contribution in [2.24, 2.45) is 0 Å². The van der Waals surface area contributed by atoms with E-state index in [1.807, 2.05) is 31.2 Å². The second kappa shape index (κ2) is 13.7. The first-order valence-corrected chi connectivity index (χ1v) is 12.3. The van der Waals surface area contributed by atoms with E-state index in [4.69, 9.17) is 23.8 Å². The predicted octanol–water partition coefficient (Wildman–Crippen LogP) is 4.41.